The lowest BCUT2D eigenvalue weighted by molar-refractivity contribution is -0.122. The first-order valence-electron chi connectivity index (χ1n) is 11.8. The number of carbonyl (C=O) groups excluding carboxylic acids is 1. The van der Waals surface area contributed by atoms with Gasteiger partial charge < -0.3 is 15.4 Å². The Balaban J connectivity index is 1.25. The van der Waals surface area contributed by atoms with Gasteiger partial charge in [-0.15, -0.1) is 0 Å². The highest BCUT2D eigenvalue weighted by Crippen LogP contribution is 2.61. The maximum atomic E-state index is 12.8. The molecule has 1 aliphatic heterocycles. The number of carbonyl (C=O) groups is 1. The lowest BCUT2D eigenvalue weighted by atomic mass is 9.45. The van der Waals surface area contributed by atoms with Crippen LogP contribution in [-0.4, -0.2) is 28.3 Å². The van der Waals surface area contributed by atoms with Crippen LogP contribution in [0.1, 0.15) is 51.6 Å². The quantitative estimate of drug-likeness (QED) is 0.689. The highest BCUT2D eigenvalue weighted by molar-refractivity contribution is 6.32. The van der Waals surface area contributed by atoms with Gasteiger partial charge in [-0.2, -0.15) is 5.10 Å². The number of hydrogen-bond acceptors (Lipinski definition) is 5. The minimum atomic E-state index is -0.460. The summed E-state index contributed by atoms with van der Waals surface area (Å²) >= 11 is 6.43. The average molecular weight is 471 g/mol. The van der Waals surface area contributed by atoms with Crippen molar-refractivity contribution in [3.63, 3.8) is 0 Å². The minimum Gasteiger partial charge on any atom is -0.493 e. The van der Waals surface area contributed by atoms with E-state index in [1.807, 2.05) is 24.3 Å². The van der Waals surface area contributed by atoms with Crippen molar-refractivity contribution in [2.75, 3.05) is 11.9 Å². The molecule has 1 amide bonds. The molecule has 1 aromatic heterocycles. The zero-order valence-electron chi connectivity index (χ0n) is 19.3. The fourth-order valence-electron chi connectivity index (χ4n) is 6.09. The molecule has 0 spiro atoms. The average Bonchev–Trinajstić information content (AvgIpc) is 2.79. The van der Waals surface area contributed by atoms with E-state index in [-0.39, 0.29) is 29.6 Å². The lowest BCUT2D eigenvalue weighted by Gasteiger charge is -2.62. The Morgan fingerprint density at radius 1 is 1.30 bits per heavy atom. The third-order valence-electron chi connectivity index (χ3n) is 8.27. The van der Waals surface area contributed by atoms with Crippen molar-refractivity contribution < 1.29 is 9.53 Å². The Labute approximate surface area is 198 Å². The maximum Gasteiger partial charge on any atom is 0.288 e. The molecule has 7 nitrogen and oxygen atoms in total. The van der Waals surface area contributed by atoms with Crippen molar-refractivity contribution in [1.29, 1.82) is 0 Å². The second-order valence-corrected chi connectivity index (χ2v) is 10.7. The molecule has 6 rings (SSSR count). The van der Waals surface area contributed by atoms with Crippen LogP contribution < -0.4 is 20.9 Å². The van der Waals surface area contributed by atoms with Crippen molar-refractivity contribution in [3.8, 4) is 5.75 Å². The third kappa shape index (κ3) is 3.90. The number of nitrogens with zero attached hydrogens (tertiary/aromatic N) is 2. The standard InChI is InChI=1S/C25H31ClN4O3/c1-14-17-10-15(25(17,2)3)11-19(14)28-20-12-27-30(24(32)23(20)26)13-22(31)29-18-8-9-33-21-7-5-4-6-16(18)21/h4-7,12,14-15,17-19,28H,8-11,13H2,1-3H3,(H,29,31)/t14-,15?,17?,18?,19-/m1/s1. The predicted molar refractivity (Wildman–Crippen MR) is 128 cm³/mol. The van der Waals surface area contributed by atoms with Crippen molar-refractivity contribution in [1.82, 2.24) is 15.1 Å². The monoisotopic (exact) mass is 470 g/mol. The van der Waals surface area contributed by atoms with E-state index in [1.165, 1.54) is 6.42 Å². The first-order valence-corrected chi connectivity index (χ1v) is 12.2. The summed E-state index contributed by atoms with van der Waals surface area (Å²) in [5.74, 6) is 2.37. The van der Waals surface area contributed by atoms with E-state index in [1.54, 1.807) is 6.20 Å². The fraction of sp³-hybridized carbons (Fsp3) is 0.560. The van der Waals surface area contributed by atoms with Gasteiger partial charge in [-0.05, 0) is 42.1 Å². The summed E-state index contributed by atoms with van der Waals surface area (Å²) < 4.78 is 6.77. The van der Waals surface area contributed by atoms with E-state index >= 15 is 0 Å². The third-order valence-corrected chi connectivity index (χ3v) is 8.63. The molecular formula is C25H31ClN4O3. The smallest absolute Gasteiger partial charge is 0.288 e. The zero-order valence-corrected chi connectivity index (χ0v) is 20.1. The normalized spacial score (nSPS) is 29.3. The van der Waals surface area contributed by atoms with Gasteiger partial charge >= 0.3 is 0 Å². The van der Waals surface area contributed by atoms with Crippen LogP contribution in [-0.2, 0) is 11.3 Å². The van der Waals surface area contributed by atoms with Crippen LogP contribution >= 0.6 is 11.6 Å². The number of nitrogens with one attached hydrogen (secondary N) is 2. The Bertz CT molecular complexity index is 1130. The number of rotatable bonds is 5. The molecule has 4 aliphatic rings. The molecule has 0 radical (unpaired) electrons. The van der Waals surface area contributed by atoms with Gasteiger partial charge in [0.1, 0.15) is 17.3 Å². The van der Waals surface area contributed by atoms with Gasteiger partial charge in [0.05, 0.1) is 24.5 Å². The van der Waals surface area contributed by atoms with Gasteiger partial charge in [-0.1, -0.05) is 50.6 Å². The van der Waals surface area contributed by atoms with Crippen LogP contribution in [0.4, 0.5) is 5.69 Å². The van der Waals surface area contributed by atoms with Crippen molar-refractivity contribution in [3.05, 3.63) is 51.4 Å². The summed E-state index contributed by atoms with van der Waals surface area (Å²) in [4.78, 5) is 25.5. The van der Waals surface area contributed by atoms with Gasteiger partial charge in [0, 0.05) is 18.0 Å². The molecule has 176 valence electrons. The Kier molecular flexibility index (Phi) is 5.63. The number of para-hydroxylation sites is 1. The summed E-state index contributed by atoms with van der Waals surface area (Å²) in [5.41, 5.74) is 1.42. The topological polar surface area (TPSA) is 85.2 Å². The first-order chi connectivity index (χ1) is 15.8. The number of anilines is 1. The van der Waals surface area contributed by atoms with Crippen molar-refractivity contribution in [2.45, 2.75) is 58.7 Å². The van der Waals surface area contributed by atoms with Crippen molar-refractivity contribution >= 4 is 23.2 Å². The molecule has 1 aromatic carbocycles. The Hall–Kier alpha value is -2.54. The molecule has 5 atom stereocenters. The van der Waals surface area contributed by atoms with Crippen LogP contribution in [0.15, 0.2) is 35.3 Å². The van der Waals surface area contributed by atoms with Crippen LogP contribution in [0, 0.1) is 23.2 Å². The van der Waals surface area contributed by atoms with Crippen LogP contribution in [0.5, 0.6) is 5.75 Å². The molecule has 2 aromatic rings. The number of benzene rings is 1. The molecule has 33 heavy (non-hydrogen) atoms. The number of ether oxygens (including phenoxy) is 1. The minimum absolute atomic E-state index is 0.0833. The van der Waals surface area contributed by atoms with Crippen molar-refractivity contribution in [2.24, 2.45) is 23.2 Å². The Morgan fingerprint density at radius 2 is 2.09 bits per heavy atom. The van der Waals surface area contributed by atoms with Gasteiger partial charge in [-0.25, -0.2) is 4.68 Å². The van der Waals surface area contributed by atoms with Gasteiger partial charge in [0.2, 0.25) is 5.91 Å². The number of aromatic nitrogens is 2. The molecule has 3 unspecified atom stereocenters. The summed E-state index contributed by atoms with van der Waals surface area (Å²) in [6.45, 7) is 7.35. The largest absolute Gasteiger partial charge is 0.493 e. The molecule has 2 heterocycles. The summed E-state index contributed by atoms with van der Waals surface area (Å²) in [6, 6.07) is 7.77. The number of hydrogen-bond donors (Lipinski definition) is 2. The van der Waals surface area contributed by atoms with Gasteiger partial charge in [0.25, 0.3) is 5.56 Å². The maximum absolute atomic E-state index is 12.8. The van der Waals surface area contributed by atoms with E-state index in [9.17, 15) is 9.59 Å². The second kappa shape index (κ2) is 8.35. The summed E-state index contributed by atoms with van der Waals surface area (Å²) in [7, 11) is 0. The number of amides is 1. The molecular weight excluding hydrogens is 440 g/mol. The highest BCUT2D eigenvalue weighted by Gasteiger charge is 2.56. The molecule has 2 bridgehead atoms. The van der Waals surface area contributed by atoms with E-state index in [4.69, 9.17) is 16.3 Å². The van der Waals surface area contributed by atoms with E-state index < -0.39 is 5.56 Å². The molecule has 0 saturated heterocycles. The Morgan fingerprint density at radius 3 is 2.85 bits per heavy atom. The number of fused-ring (bicyclic) bond motifs is 3. The zero-order chi connectivity index (χ0) is 23.3. The summed E-state index contributed by atoms with van der Waals surface area (Å²) in [6.07, 6.45) is 4.59. The molecule has 3 aliphatic carbocycles. The van der Waals surface area contributed by atoms with E-state index in [0.29, 0.717) is 41.9 Å². The van der Waals surface area contributed by atoms with Gasteiger partial charge in [-0.3, -0.25) is 9.59 Å². The molecule has 8 heteroatoms. The van der Waals surface area contributed by atoms with Crippen LogP contribution in [0.3, 0.4) is 0 Å². The fourth-order valence-corrected chi connectivity index (χ4v) is 6.29. The molecule has 2 N–H and O–H groups in total. The van der Waals surface area contributed by atoms with E-state index in [2.05, 4.69) is 36.5 Å². The first kappa shape index (κ1) is 22.3. The molecule has 3 fully saturated rings. The summed E-state index contributed by atoms with van der Waals surface area (Å²) in [5, 5.41) is 10.8. The number of halogens is 1. The highest BCUT2D eigenvalue weighted by atomic mass is 35.5. The van der Waals surface area contributed by atoms with Crippen LogP contribution in [0.2, 0.25) is 5.02 Å². The predicted octanol–water partition coefficient (Wildman–Crippen LogP) is 4.02. The SMILES string of the molecule is C[C@@H]1C2CC(C[C@H]1Nc1cnn(CC(=O)NC3CCOc4ccccc43)c(=O)c1Cl)C2(C)C. The molecule has 3 saturated carbocycles. The van der Waals surface area contributed by atoms with Gasteiger partial charge in [0.15, 0.2) is 0 Å². The van der Waals surface area contributed by atoms with E-state index in [0.717, 1.165) is 22.4 Å². The lowest BCUT2D eigenvalue weighted by Crippen LogP contribution is -2.58. The second-order valence-electron chi connectivity index (χ2n) is 10.3. The van der Waals surface area contributed by atoms with Crippen LogP contribution in [0.25, 0.3) is 0 Å².